The minimum atomic E-state index is -0.177. The molecule has 8 heteroatoms. The minimum Gasteiger partial charge on any atom is -0.347 e. The molecular weight excluding hydrogens is 302 g/mol. The fourth-order valence-corrected chi connectivity index (χ4v) is 3.43. The lowest BCUT2D eigenvalue weighted by molar-refractivity contribution is 0.0932. The predicted molar refractivity (Wildman–Crippen MR) is 83.2 cm³/mol. The quantitative estimate of drug-likeness (QED) is 0.891. The predicted octanol–water partition coefficient (Wildman–Crippen LogP) is 1.29. The zero-order valence-electron chi connectivity index (χ0n) is 12.6. The first-order valence-corrected chi connectivity index (χ1v) is 8.33. The number of nitrogens with zero attached hydrogens (tertiary/aromatic N) is 3. The van der Waals surface area contributed by atoms with Crippen molar-refractivity contribution in [2.75, 3.05) is 0 Å². The van der Waals surface area contributed by atoms with E-state index in [1.54, 1.807) is 4.57 Å². The van der Waals surface area contributed by atoms with Gasteiger partial charge in [-0.2, -0.15) is 5.10 Å². The monoisotopic (exact) mass is 321 g/mol. The van der Waals surface area contributed by atoms with Crippen LogP contribution in [0.2, 0.25) is 0 Å². The second kappa shape index (κ2) is 6.04. The van der Waals surface area contributed by atoms with Gasteiger partial charge in [0.05, 0.1) is 5.69 Å². The Kier molecular flexibility index (Phi) is 4.10. The van der Waals surface area contributed by atoms with Crippen LogP contribution in [-0.2, 0) is 13.0 Å². The standard InChI is InChI=1S/C14H19N5O2S/c1-8(2)10-7-22-13(16-10)12(20)15-9-3-4-11-17-18-14(21)19(11)6-5-9/h7-9H,3-6H2,1-2H3,(H,15,20)(H,18,21). The molecule has 1 aliphatic rings. The molecule has 0 aromatic carbocycles. The summed E-state index contributed by atoms with van der Waals surface area (Å²) < 4.78 is 1.65. The number of carbonyl (C=O) groups is 1. The highest BCUT2D eigenvalue weighted by Gasteiger charge is 2.22. The van der Waals surface area contributed by atoms with Gasteiger partial charge in [-0.25, -0.2) is 14.9 Å². The van der Waals surface area contributed by atoms with E-state index in [0.717, 1.165) is 24.4 Å². The van der Waals surface area contributed by atoms with Gasteiger partial charge >= 0.3 is 5.69 Å². The molecule has 2 aromatic rings. The van der Waals surface area contributed by atoms with E-state index in [1.165, 1.54) is 11.3 Å². The molecule has 0 aliphatic carbocycles. The molecule has 0 fully saturated rings. The first kappa shape index (κ1) is 15.0. The van der Waals surface area contributed by atoms with Crippen molar-refractivity contribution in [3.05, 3.63) is 32.4 Å². The molecule has 1 atom stereocenters. The summed E-state index contributed by atoms with van der Waals surface area (Å²) in [5.74, 6) is 0.952. The van der Waals surface area contributed by atoms with Gasteiger partial charge < -0.3 is 5.32 Å². The first-order valence-electron chi connectivity index (χ1n) is 7.45. The molecule has 2 N–H and O–H groups in total. The molecule has 0 saturated heterocycles. The van der Waals surface area contributed by atoms with Crippen molar-refractivity contribution >= 4 is 17.2 Å². The summed E-state index contributed by atoms with van der Waals surface area (Å²) in [6.07, 6.45) is 2.18. The number of nitrogens with one attached hydrogen (secondary N) is 2. The van der Waals surface area contributed by atoms with Gasteiger partial charge in [0.25, 0.3) is 5.91 Å². The van der Waals surface area contributed by atoms with Crippen molar-refractivity contribution in [2.45, 2.75) is 51.6 Å². The number of hydrogen-bond acceptors (Lipinski definition) is 5. The third-order valence-corrected chi connectivity index (χ3v) is 4.76. The van der Waals surface area contributed by atoms with Crippen LogP contribution in [0.5, 0.6) is 0 Å². The number of aromatic nitrogens is 4. The molecule has 0 bridgehead atoms. The second-order valence-electron chi connectivity index (χ2n) is 5.83. The summed E-state index contributed by atoms with van der Waals surface area (Å²) >= 11 is 1.38. The number of rotatable bonds is 3. The summed E-state index contributed by atoms with van der Waals surface area (Å²) in [6.45, 7) is 4.69. The van der Waals surface area contributed by atoms with Crippen molar-refractivity contribution in [3.63, 3.8) is 0 Å². The third kappa shape index (κ3) is 2.96. The van der Waals surface area contributed by atoms with Crippen LogP contribution in [0.25, 0.3) is 0 Å². The molecule has 3 rings (SSSR count). The Morgan fingerprint density at radius 1 is 1.50 bits per heavy atom. The Balaban J connectivity index is 1.64. The van der Waals surface area contributed by atoms with Crippen LogP contribution in [0.15, 0.2) is 10.2 Å². The Morgan fingerprint density at radius 2 is 2.32 bits per heavy atom. The van der Waals surface area contributed by atoms with E-state index in [9.17, 15) is 9.59 Å². The van der Waals surface area contributed by atoms with Crippen molar-refractivity contribution in [1.29, 1.82) is 0 Å². The van der Waals surface area contributed by atoms with E-state index in [2.05, 4.69) is 34.3 Å². The van der Waals surface area contributed by atoms with Gasteiger partial charge in [-0.1, -0.05) is 13.8 Å². The second-order valence-corrected chi connectivity index (χ2v) is 6.68. The normalized spacial score (nSPS) is 18.0. The van der Waals surface area contributed by atoms with Crippen LogP contribution in [0.4, 0.5) is 0 Å². The van der Waals surface area contributed by atoms with Gasteiger partial charge in [0.15, 0.2) is 5.01 Å². The SMILES string of the molecule is CC(C)c1csc(C(=O)NC2CCc3n[nH]c(=O)n3CC2)n1. The lowest BCUT2D eigenvalue weighted by atomic mass is 10.1. The van der Waals surface area contributed by atoms with E-state index in [4.69, 9.17) is 0 Å². The van der Waals surface area contributed by atoms with Gasteiger partial charge in [0.2, 0.25) is 0 Å². The minimum absolute atomic E-state index is 0.0417. The summed E-state index contributed by atoms with van der Waals surface area (Å²) in [6, 6.07) is 0.0417. The van der Waals surface area contributed by atoms with Crippen LogP contribution in [0, 0.1) is 0 Å². The maximum absolute atomic E-state index is 12.3. The van der Waals surface area contributed by atoms with Gasteiger partial charge in [-0.15, -0.1) is 11.3 Å². The van der Waals surface area contributed by atoms with Crippen molar-refractivity contribution < 1.29 is 4.79 Å². The summed E-state index contributed by atoms with van der Waals surface area (Å²) in [7, 11) is 0. The molecule has 0 radical (unpaired) electrons. The fraction of sp³-hybridized carbons (Fsp3) is 0.571. The van der Waals surface area contributed by atoms with Crippen LogP contribution >= 0.6 is 11.3 Å². The van der Waals surface area contributed by atoms with Crippen LogP contribution in [0.1, 0.15) is 53.9 Å². The molecular formula is C14H19N5O2S. The number of H-pyrrole nitrogens is 1. The topological polar surface area (TPSA) is 92.7 Å². The van der Waals surface area contributed by atoms with E-state index in [1.807, 2.05) is 5.38 Å². The van der Waals surface area contributed by atoms with Crippen molar-refractivity contribution in [1.82, 2.24) is 25.1 Å². The van der Waals surface area contributed by atoms with Crippen LogP contribution in [-0.4, -0.2) is 31.7 Å². The Labute approximate surface area is 131 Å². The zero-order chi connectivity index (χ0) is 15.7. The number of thiazole rings is 1. The molecule has 0 saturated carbocycles. The van der Waals surface area contributed by atoms with Crippen molar-refractivity contribution in [3.8, 4) is 0 Å². The maximum Gasteiger partial charge on any atom is 0.343 e. The number of aryl methyl sites for hydroxylation is 1. The molecule has 1 aliphatic heterocycles. The first-order chi connectivity index (χ1) is 10.5. The number of fused-ring (bicyclic) bond motifs is 1. The molecule has 0 spiro atoms. The Morgan fingerprint density at radius 3 is 3.05 bits per heavy atom. The molecule has 1 amide bonds. The zero-order valence-corrected chi connectivity index (χ0v) is 13.4. The highest BCUT2D eigenvalue weighted by molar-refractivity contribution is 7.11. The van der Waals surface area contributed by atoms with Crippen LogP contribution in [0.3, 0.4) is 0 Å². The van der Waals surface area contributed by atoms with E-state index in [-0.39, 0.29) is 17.6 Å². The number of amides is 1. The highest BCUT2D eigenvalue weighted by atomic mass is 32.1. The van der Waals surface area contributed by atoms with E-state index >= 15 is 0 Å². The van der Waals surface area contributed by atoms with Crippen molar-refractivity contribution in [2.24, 2.45) is 0 Å². The lowest BCUT2D eigenvalue weighted by Gasteiger charge is -2.14. The summed E-state index contributed by atoms with van der Waals surface area (Å²) in [5, 5.41) is 11.9. The van der Waals surface area contributed by atoms with Gasteiger partial charge in [0, 0.05) is 24.4 Å². The highest BCUT2D eigenvalue weighted by Crippen LogP contribution is 2.18. The fourth-order valence-electron chi connectivity index (χ4n) is 2.55. The molecule has 3 heterocycles. The third-order valence-electron chi connectivity index (χ3n) is 3.90. The molecule has 7 nitrogen and oxygen atoms in total. The largest absolute Gasteiger partial charge is 0.347 e. The van der Waals surface area contributed by atoms with Gasteiger partial charge in [-0.05, 0) is 18.8 Å². The van der Waals surface area contributed by atoms with Gasteiger partial charge in [-0.3, -0.25) is 9.36 Å². The Bertz CT molecular complexity index is 730. The summed E-state index contributed by atoms with van der Waals surface area (Å²) in [5.41, 5.74) is 0.770. The van der Waals surface area contributed by atoms with Crippen LogP contribution < -0.4 is 11.0 Å². The smallest absolute Gasteiger partial charge is 0.343 e. The van der Waals surface area contributed by atoms with E-state index in [0.29, 0.717) is 23.9 Å². The number of aromatic amines is 1. The maximum atomic E-state index is 12.3. The number of carbonyl (C=O) groups excluding carboxylic acids is 1. The molecule has 118 valence electrons. The van der Waals surface area contributed by atoms with Gasteiger partial charge in [0.1, 0.15) is 5.82 Å². The molecule has 2 aromatic heterocycles. The Hall–Kier alpha value is -1.96. The average molecular weight is 321 g/mol. The lowest BCUT2D eigenvalue weighted by Crippen LogP contribution is -2.35. The summed E-state index contributed by atoms with van der Waals surface area (Å²) in [4.78, 5) is 28.2. The average Bonchev–Trinajstić information content (AvgIpc) is 3.05. The van der Waals surface area contributed by atoms with E-state index < -0.39 is 0 Å². The molecule has 22 heavy (non-hydrogen) atoms. The number of hydrogen-bond donors (Lipinski definition) is 2. The molecule has 1 unspecified atom stereocenters.